The predicted molar refractivity (Wildman–Crippen MR) is 332 cm³/mol. The first-order valence-corrected chi connectivity index (χ1v) is 26.9. The lowest BCUT2D eigenvalue weighted by atomic mass is 9.91. The van der Waals surface area contributed by atoms with Gasteiger partial charge in [0.25, 0.3) is 22.9 Å². The molecule has 20 heteroatoms. The molecule has 12 aromatic rings. The minimum absolute atomic E-state index is 0.0733. The van der Waals surface area contributed by atoms with E-state index in [1.54, 1.807) is 71.2 Å². The number of nitrogens with two attached hydrogens (primary N) is 2. The van der Waals surface area contributed by atoms with Crippen molar-refractivity contribution in [3.63, 3.8) is 0 Å². The van der Waals surface area contributed by atoms with Gasteiger partial charge in [-0.1, -0.05) is 163 Å². The van der Waals surface area contributed by atoms with Crippen molar-refractivity contribution < 1.29 is 19.6 Å². The maximum Gasteiger partial charge on any atom is 0.480 e. The molecule has 416 valence electrons. The zero-order valence-electron chi connectivity index (χ0n) is 45.3. The van der Waals surface area contributed by atoms with Crippen molar-refractivity contribution in [2.24, 2.45) is 0 Å². The van der Waals surface area contributed by atoms with E-state index in [2.05, 4.69) is 30.8 Å². The number of rotatable bonds is 12. The summed E-state index contributed by atoms with van der Waals surface area (Å²) >= 11 is 6.37. The highest BCUT2D eigenvalue weighted by molar-refractivity contribution is 6.48. The van der Waals surface area contributed by atoms with Crippen LogP contribution < -0.4 is 33.2 Å². The van der Waals surface area contributed by atoms with Gasteiger partial charge in [0.05, 0.1) is 27.9 Å². The van der Waals surface area contributed by atoms with Crippen LogP contribution in [0.3, 0.4) is 0 Å². The predicted octanol–water partition coefficient (Wildman–Crippen LogP) is 9.75. The van der Waals surface area contributed by atoms with Gasteiger partial charge in [0.1, 0.15) is 11.1 Å². The minimum Gasteiger partial charge on any atom is -0.424 e. The lowest BCUT2D eigenvalue weighted by Crippen LogP contribution is -2.32. The summed E-state index contributed by atoms with van der Waals surface area (Å²) in [4.78, 5) is 62.8. The van der Waals surface area contributed by atoms with Crippen LogP contribution in [0.2, 0.25) is 5.02 Å². The molecule has 18 nitrogen and oxygen atoms in total. The molecule has 84 heavy (non-hydrogen) atoms. The van der Waals surface area contributed by atoms with E-state index in [1.165, 1.54) is 15.0 Å². The third-order valence-corrected chi connectivity index (χ3v) is 13.9. The number of carbonyl (C=O) groups excluding carboxylic acids is 2. The number of carbonyl (C=O) groups is 2. The number of aromatic nitrogens is 8. The highest BCUT2D eigenvalue weighted by atomic mass is 35.5. The van der Waals surface area contributed by atoms with Crippen molar-refractivity contribution >= 4 is 93.2 Å². The van der Waals surface area contributed by atoms with Gasteiger partial charge in [-0.05, 0) is 95.9 Å². The van der Waals surface area contributed by atoms with Gasteiger partial charge >= 0.3 is 7.12 Å². The SMILES string of the molecule is C[C@H](NC(=O)c1c(N)nn2cccnc12)c1cc2cccc(/C=C/c3ccccc3)c2c(=O)n1-c1ccccc1.C[C@H](NC(=O)c1c(N)nn2cccnc12)c1cc2cccc(Cl)c2c(=O)n1-c1ccccc1.OB(O)/C=C/c1ccccc1. The highest BCUT2D eigenvalue weighted by Crippen LogP contribution is 2.28. The fraction of sp³-hybridized carbons (Fsp3) is 0.0625. The minimum atomic E-state index is -1.37. The molecule has 8 N–H and O–H groups in total. The molecule has 6 aromatic heterocycles. The van der Waals surface area contributed by atoms with Crippen LogP contribution in [0.5, 0.6) is 0 Å². The van der Waals surface area contributed by atoms with Crippen LogP contribution >= 0.6 is 11.6 Å². The Labute approximate surface area is 486 Å². The molecule has 0 unspecified atom stereocenters. The van der Waals surface area contributed by atoms with Crippen molar-refractivity contribution in [1.29, 1.82) is 0 Å². The normalized spacial score (nSPS) is 12.0. The monoisotopic (exact) mass is 1130 g/mol. The molecule has 12 rings (SSSR count). The molecule has 0 aliphatic carbocycles. The number of amides is 2. The van der Waals surface area contributed by atoms with Crippen LogP contribution in [0, 0.1) is 0 Å². The summed E-state index contributed by atoms with van der Waals surface area (Å²) < 4.78 is 6.14. The highest BCUT2D eigenvalue weighted by Gasteiger charge is 2.26. The number of nitrogens with zero attached hydrogens (tertiary/aromatic N) is 8. The molecule has 0 radical (unpaired) electrons. The third kappa shape index (κ3) is 12.3. The average molecular weight is 1130 g/mol. The van der Waals surface area contributed by atoms with Crippen molar-refractivity contribution in [2.45, 2.75) is 25.9 Å². The molecule has 6 aromatic carbocycles. The van der Waals surface area contributed by atoms with Crippen LogP contribution in [0.4, 0.5) is 11.6 Å². The van der Waals surface area contributed by atoms with Crippen LogP contribution in [-0.4, -0.2) is 67.3 Å². The Hall–Kier alpha value is -10.7. The Morgan fingerprint density at radius 3 is 1.45 bits per heavy atom. The fourth-order valence-electron chi connectivity index (χ4n) is 9.65. The van der Waals surface area contributed by atoms with Crippen molar-refractivity contribution in [1.82, 2.24) is 49.0 Å². The molecular formula is C64H54BClN12O6. The van der Waals surface area contributed by atoms with Gasteiger partial charge < -0.3 is 32.1 Å². The number of fused-ring (bicyclic) bond motifs is 4. The lowest BCUT2D eigenvalue weighted by molar-refractivity contribution is 0.0932. The topological polar surface area (TPSA) is 255 Å². The fourth-order valence-corrected chi connectivity index (χ4v) is 9.91. The number of para-hydroxylation sites is 2. The standard InChI is InChI=1S/C32H26N6O2.C24H19ClN6O2.C8H9BO2/c1-21(35-31(39)28-29(33)36-37-19-9-18-34-30(28)37)26-20-24-13-8-12-23(17-16-22-10-4-2-5-11-22)27(24)32(40)38(26)25-14-6-3-7-15-25;1-14(28-23(32)20-21(26)29-30-12-6-11-27-22(20)30)18-13-15-7-5-10-17(25)19(15)24(33)31(18)16-8-3-2-4-9-16;10-9(11)7-6-8-4-2-1-3-5-8/h2-21H,1H3,(H2,33,36)(H,35,39);2-14H,1H3,(H2,26,29)(H,28,32);1-7,10-11H/b17-16+;;7-6+/t21-;14-;/m00./s1. The van der Waals surface area contributed by atoms with Crippen molar-refractivity contribution in [2.75, 3.05) is 11.5 Å². The van der Waals surface area contributed by atoms with E-state index in [1.807, 2.05) is 177 Å². The van der Waals surface area contributed by atoms with E-state index >= 15 is 0 Å². The van der Waals surface area contributed by atoms with Crippen LogP contribution in [-0.2, 0) is 0 Å². The van der Waals surface area contributed by atoms with Gasteiger partial charge in [0, 0.05) is 47.6 Å². The van der Waals surface area contributed by atoms with E-state index < -0.39 is 31.0 Å². The first-order chi connectivity index (χ1) is 40.7. The third-order valence-electron chi connectivity index (χ3n) is 13.6. The summed E-state index contributed by atoms with van der Waals surface area (Å²) in [6.07, 6.45) is 12.1. The van der Waals surface area contributed by atoms with Gasteiger partial charge in [-0.3, -0.25) is 28.3 Å². The van der Waals surface area contributed by atoms with Crippen molar-refractivity contribution in [3.05, 3.63) is 278 Å². The zero-order valence-corrected chi connectivity index (χ0v) is 46.1. The van der Waals surface area contributed by atoms with Gasteiger partial charge in [0.2, 0.25) is 0 Å². The molecule has 2 atom stereocenters. The molecule has 0 aliphatic heterocycles. The maximum absolute atomic E-state index is 14.2. The van der Waals surface area contributed by atoms with E-state index in [4.69, 9.17) is 33.1 Å². The summed E-state index contributed by atoms with van der Waals surface area (Å²) in [5.41, 5.74) is 18.1. The van der Waals surface area contributed by atoms with Crippen LogP contribution in [0.25, 0.3) is 62.4 Å². The Morgan fingerprint density at radius 2 is 0.976 bits per heavy atom. The Morgan fingerprint density at radius 1 is 0.548 bits per heavy atom. The maximum atomic E-state index is 14.2. The molecular weight excluding hydrogens is 1080 g/mol. The average Bonchev–Trinajstić information content (AvgIpc) is 1.61. The molecule has 2 amide bonds. The molecule has 0 fully saturated rings. The second kappa shape index (κ2) is 25.4. The second-order valence-electron chi connectivity index (χ2n) is 19.2. The number of nitrogens with one attached hydrogen (secondary N) is 2. The van der Waals surface area contributed by atoms with E-state index in [0.717, 1.165) is 22.1 Å². The first-order valence-electron chi connectivity index (χ1n) is 26.5. The molecule has 0 saturated heterocycles. The Bertz CT molecular complexity index is 4540. The summed E-state index contributed by atoms with van der Waals surface area (Å²) in [6.45, 7) is 3.64. The smallest absolute Gasteiger partial charge is 0.424 e. The Balaban J connectivity index is 0.000000161. The number of hydrogen-bond donors (Lipinski definition) is 6. The number of anilines is 2. The number of pyridine rings is 2. The van der Waals surface area contributed by atoms with E-state index in [9.17, 15) is 19.2 Å². The van der Waals surface area contributed by atoms with Gasteiger partial charge in [-0.2, -0.15) is 0 Å². The van der Waals surface area contributed by atoms with Gasteiger partial charge in [0.15, 0.2) is 22.9 Å². The largest absolute Gasteiger partial charge is 0.480 e. The van der Waals surface area contributed by atoms with Gasteiger partial charge in [-0.15, -0.1) is 10.2 Å². The number of benzene rings is 6. The molecule has 0 aliphatic rings. The zero-order chi connectivity index (χ0) is 58.9. The van der Waals surface area contributed by atoms with E-state index in [0.29, 0.717) is 55.2 Å². The quantitative estimate of drug-likeness (QED) is 0.0494. The number of nitrogen functional groups attached to an aromatic ring is 2. The molecule has 0 bridgehead atoms. The summed E-state index contributed by atoms with van der Waals surface area (Å²) in [5.74, 6) is 0.605. The summed E-state index contributed by atoms with van der Waals surface area (Å²) in [7, 11) is -1.37. The van der Waals surface area contributed by atoms with Crippen LogP contribution in [0.1, 0.15) is 74.7 Å². The summed E-state index contributed by atoms with van der Waals surface area (Å²) in [5, 5.41) is 34.1. The van der Waals surface area contributed by atoms with Gasteiger partial charge in [-0.25, -0.2) is 19.0 Å². The van der Waals surface area contributed by atoms with Crippen LogP contribution in [0.15, 0.2) is 222 Å². The summed E-state index contributed by atoms with van der Waals surface area (Å²) in [6, 6.07) is 55.2. The first kappa shape index (κ1) is 56.5. The lowest BCUT2D eigenvalue weighted by Gasteiger charge is -2.21. The Kier molecular flexibility index (Phi) is 17.1. The second-order valence-corrected chi connectivity index (χ2v) is 19.6. The molecule has 0 saturated carbocycles. The van der Waals surface area contributed by atoms with E-state index in [-0.39, 0.29) is 33.9 Å². The number of halogens is 1. The number of hydrogen-bond acceptors (Lipinski definition) is 12. The van der Waals surface area contributed by atoms with Crippen molar-refractivity contribution in [3.8, 4) is 11.4 Å². The molecule has 6 heterocycles. The molecule has 0 spiro atoms.